The van der Waals surface area contributed by atoms with E-state index in [0.717, 1.165) is 19.4 Å². The average molecular weight is 278 g/mol. The Morgan fingerprint density at radius 3 is 2.95 bits per heavy atom. The summed E-state index contributed by atoms with van der Waals surface area (Å²) in [4.78, 5) is 32.8. The first kappa shape index (κ1) is 14.6. The largest absolute Gasteiger partial charge is 0.359 e. The lowest BCUT2D eigenvalue weighted by atomic mass is 9.97. The van der Waals surface area contributed by atoms with Gasteiger partial charge >= 0.3 is 0 Å². The lowest BCUT2D eigenvalue weighted by molar-refractivity contribution is -0.124. The Kier molecular flexibility index (Phi) is 4.42. The molecule has 1 amide bonds. The topological polar surface area (TPSA) is 78.1 Å². The van der Waals surface area contributed by atoms with E-state index in [4.69, 9.17) is 0 Å². The van der Waals surface area contributed by atoms with Gasteiger partial charge in [-0.15, -0.1) is 0 Å². The Hall–Kier alpha value is -1.85. The first-order valence-corrected chi connectivity index (χ1v) is 7.09. The molecule has 6 nitrogen and oxygen atoms in total. The molecule has 0 bridgehead atoms. The number of carbonyl (C=O) groups is 1. The van der Waals surface area contributed by atoms with Crippen molar-refractivity contribution in [2.45, 2.75) is 32.6 Å². The number of nitrogens with zero attached hydrogens (tertiary/aromatic N) is 2. The summed E-state index contributed by atoms with van der Waals surface area (Å²) in [6.07, 6.45) is 1.82. The van der Waals surface area contributed by atoms with Crippen molar-refractivity contribution in [2.75, 3.05) is 25.0 Å². The zero-order valence-electron chi connectivity index (χ0n) is 12.3. The molecule has 1 aliphatic rings. The van der Waals surface area contributed by atoms with Gasteiger partial charge in [0.05, 0.1) is 5.92 Å². The van der Waals surface area contributed by atoms with Gasteiger partial charge in [0.2, 0.25) is 5.91 Å². The minimum atomic E-state index is -0.138. The van der Waals surface area contributed by atoms with Gasteiger partial charge in [0.1, 0.15) is 11.6 Å². The molecule has 20 heavy (non-hydrogen) atoms. The van der Waals surface area contributed by atoms with Crippen molar-refractivity contribution in [1.82, 2.24) is 15.3 Å². The van der Waals surface area contributed by atoms with E-state index in [9.17, 15) is 9.59 Å². The van der Waals surface area contributed by atoms with Gasteiger partial charge in [-0.1, -0.05) is 13.8 Å². The molecular weight excluding hydrogens is 256 g/mol. The molecule has 1 aromatic rings. The number of anilines is 1. The van der Waals surface area contributed by atoms with Crippen LogP contribution in [0, 0.1) is 5.92 Å². The molecule has 110 valence electrons. The highest BCUT2D eigenvalue weighted by Gasteiger charge is 2.26. The van der Waals surface area contributed by atoms with E-state index in [1.54, 1.807) is 7.05 Å². The molecule has 1 atom stereocenters. The Labute approximate surface area is 118 Å². The molecule has 1 aromatic heterocycles. The summed E-state index contributed by atoms with van der Waals surface area (Å²) in [5.41, 5.74) is -0.138. The molecule has 0 aliphatic carbocycles. The van der Waals surface area contributed by atoms with Crippen LogP contribution in [0.4, 0.5) is 5.82 Å². The van der Waals surface area contributed by atoms with E-state index in [1.165, 1.54) is 6.07 Å². The minimum absolute atomic E-state index is 0.0302. The van der Waals surface area contributed by atoms with Crippen molar-refractivity contribution in [3.63, 3.8) is 0 Å². The predicted octanol–water partition coefficient (Wildman–Crippen LogP) is 0.856. The number of nitrogens with one attached hydrogen (secondary N) is 2. The zero-order valence-corrected chi connectivity index (χ0v) is 12.3. The van der Waals surface area contributed by atoms with Crippen LogP contribution in [0.5, 0.6) is 0 Å². The molecule has 2 rings (SSSR count). The lowest BCUT2D eigenvalue weighted by Gasteiger charge is -2.32. The van der Waals surface area contributed by atoms with Gasteiger partial charge in [-0.05, 0) is 12.8 Å². The van der Waals surface area contributed by atoms with E-state index in [2.05, 4.69) is 15.3 Å². The number of hydrogen-bond acceptors (Lipinski definition) is 4. The molecule has 1 saturated heterocycles. The van der Waals surface area contributed by atoms with E-state index >= 15 is 0 Å². The van der Waals surface area contributed by atoms with E-state index in [1.807, 2.05) is 18.7 Å². The van der Waals surface area contributed by atoms with Crippen LogP contribution in [-0.4, -0.2) is 36.0 Å². The van der Waals surface area contributed by atoms with Crippen LogP contribution >= 0.6 is 0 Å². The summed E-state index contributed by atoms with van der Waals surface area (Å²) in [5, 5.41) is 2.69. The Balaban J connectivity index is 2.22. The maximum atomic E-state index is 11.8. The summed E-state index contributed by atoms with van der Waals surface area (Å²) in [6.45, 7) is 5.44. The number of aromatic amines is 1. The van der Waals surface area contributed by atoms with Gasteiger partial charge in [0.25, 0.3) is 5.56 Å². The second-order valence-electron chi connectivity index (χ2n) is 5.54. The van der Waals surface area contributed by atoms with Gasteiger partial charge in [0.15, 0.2) is 0 Å². The third-order valence-electron chi connectivity index (χ3n) is 3.66. The summed E-state index contributed by atoms with van der Waals surface area (Å²) in [6, 6.07) is 1.51. The number of aromatic nitrogens is 2. The van der Waals surface area contributed by atoms with Crippen molar-refractivity contribution in [3.8, 4) is 0 Å². The van der Waals surface area contributed by atoms with Crippen LogP contribution in [0.15, 0.2) is 10.9 Å². The minimum Gasteiger partial charge on any atom is -0.359 e. The van der Waals surface area contributed by atoms with Crippen LogP contribution < -0.4 is 15.8 Å². The number of rotatable bonds is 3. The summed E-state index contributed by atoms with van der Waals surface area (Å²) in [7, 11) is 1.66. The smallest absolute Gasteiger partial charge is 0.252 e. The molecule has 0 spiro atoms. The molecule has 2 heterocycles. The molecule has 0 saturated carbocycles. The van der Waals surface area contributed by atoms with Gasteiger partial charge in [0, 0.05) is 32.1 Å². The highest BCUT2D eigenvalue weighted by Crippen LogP contribution is 2.21. The lowest BCUT2D eigenvalue weighted by Crippen LogP contribution is -2.43. The quantitative estimate of drug-likeness (QED) is 0.859. The number of piperidine rings is 1. The van der Waals surface area contributed by atoms with Gasteiger partial charge in [-0.3, -0.25) is 9.59 Å². The predicted molar refractivity (Wildman–Crippen MR) is 78.0 cm³/mol. The SMILES string of the molecule is CNC(=O)C1CCCN(c2cc(=O)[nH]c(C(C)C)n2)C1. The van der Waals surface area contributed by atoms with Crippen molar-refractivity contribution in [3.05, 3.63) is 22.2 Å². The molecule has 1 fully saturated rings. The van der Waals surface area contributed by atoms with Crippen LogP contribution in [0.25, 0.3) is 0 Å². The van der Waals surface area contributed by atoms with Crippen molar-refractivity contribution < 1.29 is 4.79 Å². The van der Waals surface area contributed by atoms with Crippen LogP contribution in [0.3, 0.4) is 0 Å². The highest BCUT2D eigenvalue weighted by atomic mass is 16.1. The molecule has 0 aromatic carbocycles. The Morgan fingerprint density at radius 1 is 1.55 bits per heavy atom. The van der Waals surface area contributed by atoms with Crippen molar-refractivity contribution >= 4 is 11.7 Å². The fourth-order valence-corrected chi connectivity index (χ4v) is 2.50. The first-order valence-electron chi connectivity index (χ1n) is 7.09. The fraction of sp³-hybridized carbons (Fsp3) is 0.643. The average Bonchev–Trinajstić information content (AvgIpc) is 2.45. The summed E-state index contributed by atoms with van der Waals surface area (Å²) < 4.78 is 0. The third-order valence-corrected chi connectivity index (χ3v) is 3.66. The number of H-pyrrole nitrogens is 1. The van der Waals surface area contributed by atoms with Gasteiger partial charge in [-0.25, -0.2) is 4.98 Å². The number of hydrogen-bond donors (Lipinski definition) is 2. The first-order chi connectivity index (χ1) is 9.51. The van der Waals surface area contributed by atoms with Gasteiger partial charge < -0.3 is 15.2 Å². The second-order valence-corrected chi connectivity index (χ2v) is 5.54. The standard InChI is InChI=1S/C14H22N4O2/c1-9(2)13-16-11(7-12(19)17-13)18-6-4-5-10(8-18)14(20)15-3/h7,9-10H,4-6,8H2,1-3H3,(H,15,20)(H,16,17,19). The van der Waals surface area contributed by atoms with Crippen LogP contribution in [0.1, 0.15) is 38.4 Å². The molecule has 1 aliphatic heterocycles. The maximum Gasteiger partial charge on any atom is 0.252 e. The maximum absolute atomic E-state index is 11.8. The summed E-state index contributed by atoms with van der Waals surface area (Å²) in [5.74, 6) is 1.56. The van der Waals surface area contributed by atoms with E-state index in [0.29, 0.717) is 18.2 Å². The molecule has 1 unspecified atom stereocenters. The monoisotopic (exact) mass is 278 g/mol. The zero-order chi connectivity index (χ0) is 14.7. The Bertz CT molecular complexity index is 538. The molecule has 0 radical (unpaired) electrons. The molecule has 2 N–H and O–H groups in total. The third kappa shape index (κ3) is 3.18. The number of carbonyl (C=O) groups excluding carboxylic acids is 1. The van der Waals surface area contributed by atoms with Crippen LogP contribution in [0.2, 0.25) is 0 Å². The normalized spacial score (nSPS) is 19.2. The molecule has 6 heteroatoms. The van der Waals surface area contributed by atoms with Crippen molar-refractivity contribution in [1.29, 1.82) is 0 Å². The van der Waals surface area contributed by atoms with Crippen molar-refractivity contribution in [2.24, 2.45) is 5.92 Å². The van der Waals surface area contributed by atoms with Crippen LogP contribution in [-0.2, 0) is 4.79 Å². The summed E-state index contributed by atoms with van der Waals surface area (Å²) >= 11 is 0. The van der Waals surface area contributed by atoms with E-state index < -0.39 is 0 Å². The Morgan fingerprint density at radius 2 is 2.30 bits per heavy atom. The highest BCUT2D eigenvalue weighted by molar-refractivity contribution is 5.79. The van der Waals surface area contributed by atoms with Gasteiger partial charge in [-0.2, -0.15) is 0 Å². The number of amides is 1. The molecular formula is C14H22N4O2. The fourth-order valence-electron chi connectivity index (χ4n) is 2.50. The second kappa shape index (κ2) is 6.07. The van der Waals surface area contributed by atoms with E-state index in [-0.39, 0.29) is 23.3 Å².